The van der Waals surface area contributed by atoms with E-state index in [1.807, 2.05) is 6.07 Å². The van der Waals surface area contributed by atoms with Crippen LogP contribution in [-0.2, 0) is 0 Å². The second-order valence-corrected chi connectivity index (χ2v) is 12.1. The lowest BCUT2D eigenvalue weighted by atomic mass is 9.68. The van der Waals surface area contributed by atoms with E-state index < -0.39 is 0 Å². The Morgan fingerprint density at radius 1 is 0.970 bits per heavy atom. The molecule has 0 spiro atoms. The minimum absolute atomic E-state index is 0.0898. The predicted octanol–water partition coefficient (Wildman–Crippen LogP) is 6.78. The number of hydrogen-bond acceptors (Lipinski definition) is 3. The number of anilines is 1. The van der Waals surface area contributed by atoms with Crippen LogP contribution < -0.4 is 10.6 Å². The molecule has 6 rings (SSSR count). The van der Waals surface area contributed by atoms with Gasteiger partial charge in [-0.3, -0.25) is 4.79 Å². The van der Waals surface area contributed by atoms with Crippen LogP contribution in [0.2, 0.25) is 0 Å². The van der Waals surface area contributed by atoms with Gasteiger partial charge in [0.05, 0.1) is 6.04 Å². The number of benzene rings is 2. The van der Waals surface area contributed by atoms with E-state index in [2.05, 4.69) is 64.9 Å². The quantitative estimate of drug-likeness (QED) is 0.467. The Morgan fingerprint density at radius 2 is 1.79 bits per heavy atom. The minimum atomic E-state index is 0.0898. The number of nitrogens with one attached hydrogen (secondary N) is 2. The number of rotatable bonds is 6. The molecule has 0 radical (unpaired) electrons. The molecule has 2 N–H and O–H groups in total. The van der Waals surface area contributed by atoms with Crippen LogP contribution in [0.3, 0.4) is 0 Å². The molecule has 2 aromatic carbocycles. The van der Waals surface area contributed by atoms with Crippen molar-refractivity contribution in [2.24, 2.45) is 17.8 Å². The third kappa shape index (κ3) is 4.20. The average Bonchev–Trinajstić information content (AvgIpc) is 3.50. The fraction of sp³-hybridized carbons (Fsp3) is 0.552. The highest BCUT2D eigenvalue weighted by molar-refractivity contribution is 7.99. The maximum absolute atomic E-state index is 13.0. The van der Waals surface area contributed by atoms with Gasteiger partial charge in [-0.15, -0.1) is 0 Å². The molecular weight excluding hydrogens is 424 g/mol. The van der Waals surface area contributed by atoms with Gasteiger partial charge in [-0.05, 0) is 85.1 Å². The number of amides is 1. The van der Waals surface area contributed by atoms with Crippen LogP contribution in [0.25, 0.3) is 0 Å². The summed E-state index contributed by atoms with van der Waals surface area (Å²) in [6.45, 7) is 0.766. The molecule has 2 aromatic rings. The van der Waals surface area contributed by atoms with Crippen molar-refractivity contribution in [3.8, 4) is 0 Å². The number of carbonyl (C=O) groups excluding carboxylic acids is 1. The van der Waals surface area contributed by atoms with Crippen molar-refractivity contribution in [1.29, 1.82) is 0 Å². The van der Waals surface area contributed by atoms with Crippen LogP contribution in [-0.4, -0.2) is 23.5 Å². The van der Waals surface area contributed by atoms with Gasteiger partial charge in [-0.25, -0.2) is 0 Å². The van der Waals surface area contributed by atoms with Crippen LogP contribution >= 0.6 is 11.8 Å². The van der Waals surface area contributed by atoms with Crippen LogP contribution in [0.1, 0.15) is 84.8 Å². The second kappa shape index (κ2) is 9.37. The Labute approximate surface area is 202 Å². The van der Waals surface area contributed by atoms with Crippen molar-refractivity contribution in [1.82, 2.24) is 5.32 Å². The molecule has 1 amide bonds. The molecule has 3 nitrogen and oxygen atoms in total. The molecule has 1 aliphatic heterocycles. The topological polar surface area (TPSA) is 41.1 Å². The second-order valence-electron chi connectivity index (χ2n) is 10.7. The minimum Gasteiger partial charge on any atom is -0.378 e. The molecule has 3 fully saturated rings. The molecule has 33 heavy (non-hydrogen) atoms. The average molecular weight is 461 g/mol. The van der Waals surface area contributed by atoms with Gasteiger partial charge in [-0.1, -0.05) is 49.6 Å². The zero-order valence-corrected chi connectivity index (χ0v) is 20.3. The summed E-state index contributed by atoms with van der Waals surface area (Å²) in [5, 5.41) is 7.89. The SMILES string of the molecule is O=C(NCCSC1CCCCC1)c1ccc2c(c1)[C@@H]1[C@H]3CC[C@@H](C3)[C@@H]1[C@H](c1ccccc1)N2. The fourth-order valence-corrected chi connectivity index (χ4v) is 8.56. The summed E-state index contributed by atoms with van der Waals surface area (Å²) in [4.78, 5) is 13.0. The van der Waals surface area contributed by atoms with E-state index in [-0.39, 0.29) is 5.91 Å². The third-order valence-corrected chi connectivity index (χ3v) is 10.2. The van der Waals surface area contributed by atoms with Gasteiger partial charge in [-0.2, -0.15) is 11.8 Å². The Hall–Kier alpha value is -1.94. The van der Waals surface area contributed by atoms with Crippen LogP contribution in [0, 0.1) is 17.8 Å². The van der Waals surface area contributed by atoms with Gasteiger partial charge in [0.1, 0.15) is 0 Å². The van der Waals surface area contributed by atoms with Gasteiger partial charge >= 0.3 is 0 Å². The van der Waals surface area contributed by atoms with Crippen molar-refractivity contribution < 1.29 is 4.79 Å². The third-order valence-electron chi connectivity index (χ3n) is 8.80. The van der Waals surface area contributed by atoms with E-state index in [1.54, 1.807) is 0 Å². The highest BCUT2D eigenvalue weighted by atomic mass is 32.2. The number of fused-ring (bicyclic) bond motifs is 7. The van der Waals surface area contributed by atoms with E-state index in [4.69, 9.17) is 0 Å². The molecule has 5 atom stereocenters. The molecular formula is C29H36N2OS. The smallest absolute Gasteiger partial charge is 0.251 e. The van der Waals surface area contributed by atoms with Gasteiger partial charge in [0.15, 0.2) is 0 Å². The molecule has 1 heterocycles. The molecule has 3 aliphatic carbocycles. The summed E-state index contributed by atoms with van der Waals surface area (Å²) in [7, 11) is 0. The Morgan fingerprint density at radius 3 is 2.64 bits per heavy atom. The highest BCUT2D eigenvalue weighted by Crippen LogP contribution is 2.63. The van der Waals surface area contributed by atoms with Crippen LogP contribution in [0.4, 0.5) is 5.69 Å². The molecule has 4 aliphatic rings. The van der Waals surface area contributed by atoms with Gasteiger partial charge in [0, 0.05) is 28.8 Å². The van der Waals surface area contributed by atoms with E-state index >= 15 is 0 Å². The molecule has 4 heteroatoms. The molecule has 0 aromatic heterocycles. The van der Waals surface area contributed by atoms with E-state index in [0.29, 0.717) is 17.9 Å². The van der Waals surface area contributed by atoms with E-state index in [9.17, 15) is 4.79 Å². The zero-order valence-electron chi connectivity index (χ0n) is 19.5. The number of hydrogen-bond donors (Lipinski definition) is 2. The Balaban J connectivity index is 1.17. The van der Waals surface area contributed by atoms with Crippen molar-refractivity contribution in [2.75, 3.05) is 17.6 Å². The lowest BCUT2D eigenvalue weighted by Crippen LogP contribution is -2.36. The van der Waals surface area contributed by atoms with Crippen molar-refractivity contribution in [3.05, 3.63) is 65.2 Å². The molecule has 0 unspecified atom stereocenters. The summed E-state index contributed by atoms with van der Waals surface area (Å²) < 4.78 is 0. The lowest BCUT2D eigenvalue weighted by Gasteiger charge is -2.43. The molecule has 174 valence electrons. The normalized spacial score (nSPS) is 30.4. The van der Waals surface area contributed by atoms with Crippen LogP contribution in [0.5, 0.6) is 0 Å². The van der Waals surface area contributed by atoms with Gasteiger partial charge in [0.25, 0.3) is 5.91 Å². The largest absolute Gasteiger partial charge is 0.378 e. The first kappa shape index (κ1) is 21.6. The van der Waals surface area contributed by atoms with Crippen molar-refractivity contribution in [2.45, 2.75) is 68.6 Å². The number of carbonyl (C=O) groups is 1. The monoisotopic (exact) mass is 460 g/mol. The van der Waals surface area contributed by atoms with Gasteiger partial charge < -0.3 is 10.6 Å². The maximum Gasteiger partial charge on any atom is 0.251 e. The first-order chi connectivity index (χ1) is 16.3. The molecule has 3 saturated carbocycles. The molecule has 0 saturated heterocycles. The first-order valence-electron chi connectivity index (χ1n) is 13.1. The van der Waals surface area contributed by atoms with Crippen LogP contribution in [0.15, 0.2) is 48.5 Å². The van der Waals surface area contributed by atoms with E-state index in [1.165, 1.54) is 68.2 Å². The molecule has 2 bridgehead atoms. The Kier molecular flexibility index (Phi) is 6.13. The summed E-state index contributed by atoms with van der Waals surface area (Å²) in [5.74, 6) is 3.92. The van der Waals surface area contributed by atoms with E-state index in [0.717, 1.165) is 34.9 Å². The summed E-state index contributed by atoms with van der Waals surface area (Å²) in [5.41, 5.74) is 4.87. The number of thioether (sulfide) groups is 1. The summed E-state index contributed by atoms with van der Waals surface area (Å²) in [6, 6.07) is 17.8. The standard InChI is InChI=1S/C29H36N2OS/c32-29(30-15-16-33-23-9-5-2-6-10-23)22-13-14-25-24(18-22)26-20-11-12-21(17-20)27(26)28(31-25)19-7-3-1-4-8-19/h1,3-4,7-8,13-14,18,20-21,23,26-28,31H,2,5-6,9-12,15-17H2,(H,30,32)/t20-,21-,26-,27-,28-/m0/s1. The predicted molar refractivity (Wildman–Crippen MR) is 138 cm³/mol. The zero-order chi connectivity index (χ0) is 22.2. The van der Waals surface area contributed by atoms with Gasteiger partial charge in [0.2, 0.25) is 0 Å². The fourth-order valence-electron chi connectivity index (χ4n) is 7.34. The summed E-state index contributed by atoms with van der Waals surface area (Å²) in [6.07, 6.45) is 10.9. The van der Waals surface area contributed by atoms with Crippen molar-refractivity contribution >= 4 is 23.4 Å². The summed E-state index contributed by atoms with van der Waals surface area (Å²) >= 11 is 2.05. The Bertz CT molecular complexity index is 986. The first-order valence-corrected chi connectivity index (χ1v) is 14.2. The maximum atomic E-state index is 13.0. The highest BCUT2D eigenvalue weighted by Gasteiger charge is 2.53. The van der Waals surface area contributed by atoms with Crippen molar-refractivity contribution in [3.63, 3.8) is 0 Å². The lowest BCUT2D eigenvalue weighted by molar-refractivity contribution is 0.0956.